The largest absolute Gasteiger partial charge is 0.206 e. The van der Waals surface area contributed by atoms with Gasteiger partial charge in [-0.15, -0.1) is 0 Å². The molecule has 0 radical (unpaired) electrons. The van der Waals surface area contributed by atoms with Crippen LogP contribution in [0.15, 0.2) is 42.5 Å². The zero-order valence-corrected chi connectivity index (χ0v) is 25.8. The van der Waals surface area contributed by atoms with Crippen LogP contribution in [0.2, 0.25) is 0 Å². The van der Waals surface area contributed by atoms with Gasteiger partial charge in [0.25, 0.3) is 0 Å². The van der Waals surface area contributed by atoms with Crippen molar-refractivity contribution in [3.8, 4) is 11.1 Å². The summed E-state index contributed by atoms with van der Waals surface area (Å²) in [6.45, 7) is 4.61. The number of hydrogen-bond acceptors (Lipinski definition) is 0. The zero-order chi connectivity index (χ0) is 27.7. The Morgan fingerprint density at radius 3 is 1.65 bits per heavy atom. The van der Waals surface area contributed by atoms with Crippen molar-refractivity contribution >= 4 is 0 Å². The molecule has 40 heavy (non-hydrogen) atoms. The number of hydrogen-bond donors (Lipinski definition) is 0. The molecule has 5 rings (SSSR count). The van der Waals surface area contributed by atoms with Crippen molar-refractivity contribution in [2.24, 2.45) is 23.7 Å². The summed E-state index contributed by atoms with van der Waals surface area (Å²) < 4.78 is 15.3. The van der Waals surface area contributed by atoms with Gasteiger partial charge < -0.3 is 0 Å². The lowest BCUT2D eigenvalue weighted by atomic mass is 9.68. The molecular weight excluding hydrogens is 487 g/mol. The van der Waals surface area contributed by atoms with Crippen molar-refractivity contribution in [1.29, 1.82) is 0 Å². The van der Waals surface area contributed by atoms with E-state index >= 15 is 4.39 Å². The van der Waals surface area contributed by atoms with E-state index in [1.165, 1.54) is 133 Å². The Hall–Kier alpha value is -1.63. The molecule has 0 spiro atoms. The first kappa shape index (κ1) is 29.8. The lowest BCUT2D eigenvalue weighted by molar-refractivity contribution is 0.155. The van der Waals surface area contributed by atoms with Crippen LogP contribution in [-0.2, 0) is 0 Å². The van der Waals surface area contributed by atoms with Crippen LogP contribution in [-0.4, -0.2) is 0 Å². The third-order valence-corrected chi connectivity index (χ3v) is 11.5. The van der Waals surface area contributed by atoms with Crippen LogP contribution in [0, 0.1) is 29.5 Å². The summed E-state index contributed by atoms with van der Waals surface area (Å²) in [5.41, 5.74) is 4.48. The van der Waals surface area contributed by atoms with Gasteiger partial charge in [0.2, 0.25) is 0 Å². The molecule has 0 aromatic heterocycles. The standard InChI is InChI=1S/C39H57F/c1-3-5-7-9-30-10-14-31(15-11-30)32-18-20-33(21-19-32)34-22-24-36(25-23-34)38-27-26-37(28-39(38)40)35-16-12-29(13-17-35)8-6-4-2/h22-33,35H,3-21H2,1-2H3. The van der Waals surface area contributed by atoms with E-state index in [2.05, 4.69) is 44.2 Å². The first-order chi connectivity index (χ1) is 19.6. The fraction of sp³-hybridized carbons (Fsp3) is 0.692. The highest BCUT2D eigenvalue weighted by molar-refractivity contribution is 5.65. The average molecular weight is 545 g/mol. The van der Waals surface area contributed by atoms with E-state index in [0.29, 0.717) is 11.8 Å². The Bertz CT molecular complexity index is 998. The van der Waals surface area contributed by atoms with Crippen molar-refractivity contribution in [3.05, 3.63) is 59.4 Å². The van der Waals surface area contributed by atoms with Gasteiger partial charge >= 0.3 is 0 Å². The zero-order valence-electron chi connectivity index (χ0n) is 25.8. The van der Waals surface area contributed by atoms with Crippen molar-refractivity contribution < 1.29 is 4.39 Å². The maximum atomic E-state index is 15.3. The van der Waals surface area contributed by atoms with E-state index in [4.69, 9.17) is 0 Å². The maximum Gasteiger partial charge on any atom is 0.131 e. The molecule has 0 N–H and O–H groups in total. The monoisotopic (exact) mass is 544 g/mol. The molecule has 0 saturated heterocycles. The SMILES string of the molecule is CCCCCC1CCC(C2CCC(c3ccc(-c4ccc(C5CCC(CCCC)CC5)cc4F)cc3)CC2)CC1. The fourth-order valence-electron chi connectivity index (χ4n) is 8.79. The van der Waals surface area contributed by atoms with E-state index in [1.54, 1.807) is 0 Å². The first-order valence-electron chi connectivity index (χ1n) is 17.5. The molecule has 0 aliphatic heterocycles. The molecule has 0 unspecified atom stereocenters. The maximum absolute atomic E-state index is 15.3. The lowest BCUT2D eigenvalue weighted by Gasteiger charge is -2.38. The van der Waals surface area contributed by atoms with Crippen LogP contribution >= 0.6 is 0 Å². The van der Waals surface area contributed by atoms with Gasteiger partial charge in [0.1, 0.15) is 5.82 Å². The molecule has 0 bridgehead atoms. The van der Waals surface area contributed by atoms with E-state index < -0.39 is 0 Å². The van der Waals surface area contributed by atoms with E-state index in [-0.39, 0.29) is 5.82 Å². The van der Waals surface area contributed by atoms with Gasteiger partial charge in [0.15, 0.2) is 0 Å². The quantitative estimate of drug-likeness (QED) is 0.247. The lowest BCUT2D eigenvalue weighted by Crippen LogP contribution is -2.25. The molecule has 1 heteroatoms. The Labute approximate surface area is 245 Å². The van der Waals surface area contributed by atoms with Crippen molar-refractivity contribution in [2.45, 2.75) is 148 Å². The second-order valence-electron chi connectivity index (χ2n) is 14.1. The first-order valence-corrected chi connectivity index (χ1v) is 17.5. The molecule has 3 saturated carbocycles. The summed E-state index contributed by atoms with van der Waals surface area (Å²) in [5.74, 6) is 5.07. The molecule has 2 aromatic rings. The topological polar surface area (TPSA) is 0 Å². The van der Waals surface area contributed by atoms with Gasteiger partial charge in [0, 0.05) is 5.56 Å². The second kappa shape index (κ2) is 15.0. The van der Waals surface area contributed by atoms with Gasteiger partial charge in [-0.3, -0.25) is 0 Å². The highest BCUT2D eigenvalue weighted by atomic mass is 19.1. The molecule has 2 aromatic carbocycles. The molecule has 0 atom stereocenters. The Morgan fingerprint density at radius 1 is 0.550 bits per heavy atom. The van der Waals surface area contributed by atoms with Gasteiger partial charge in [-0.05, 0) is 122 Å². The smallest absolute Gasteiger partial charge is 0.131 e. The summed E-state index contributed by atoms with van der Waals surface area (Å²) in [7, 11) is 0. The number of unbranched alkanes of at least 4 members (excludes halogenated alkanes) is 3. The van der Waals surface area contributed by atoms with E-state index in [1.807, 2.05) is 12.1 Å². The van der Waals surface area contributed by atoms with Crippen molar-refractivity contribution in [3.63, 3.8) is 0 Å². The van der Waals surface area contributed by atoms with Gasteiger partial charge in [-0.2, -0.15) is 0 Å². The summed E-state index contributed by atoms with van der Waals surface area (Å²) in [4.78, 5) is 0. The molecule has 3 aliphatic rings. The van der Waals surface area contributed by atoms with E-state index in [0.717, 1.165) is 34.8 Å². The van der Waals surface area contributed by atoms with Crippen LogP contribution in [0.3, 0.4) is 0 Å². The van der Waals surface area contributed by atoms with Gasteiger partial charge in [-0.25, -0.2) is 4.39 Å². The number of halogens is 1. The molecule has 0 heterocycles. The summed E-state index contributed by atoms with van der Waals surface area (Å²) in [6.07, 6.45) is 26.3. The van der Waals surface area contributed by atoms with Gasteiger partial charge in [-0.1, -0.05) is 108 Å². The Kier molecular flexibility index (Phi) is 11.2. The van der Waals surface area contributed by atoms with Crippen LogP contribution in [0.25, 0.3) is 11.1 Å². The third kappa shape index (κ3) is 7.80. The fourth-order valence-corrected chi connectivity index (χ4v) is 8.79. The van der Waals surface area contributed by atoms with Crippen molar-refractivity contribution in [2.75, 3.05) is 0 Å². The van der Waals surface area contributed by atoms with Crippen LogP contribution < -0.4 is 0 Å². The third-order valence-electron chi connectivity index (χ3n) is 11.5. The molecule has 220 valence electrons. The number of benzene rings is 2. The molecular formula is C39H57F. The normalized spacial score (nSPS) is 29.4. The Balaban J connectivity index is 1.09. The van der Waals surface area contributed by atoms with Crippen molar-refractivity contribution in [1.82, 2.24) is 0 Å². The summed E-state index contributed by atoms with van der Waals surface area (Å²) in [5, 5.41) is 0. The number of rotatable bonds is 11. The van der Waals surface area contributed by atoms with Crippen LogP contribution in [0.5, 0.6) is 0 Å². The van der Waals surface area contributed by atoms with E-state index in [9.17, 15) is 0 Å². The second-order valence-corrected chi connectivity index (χ2v) is 14.1. The Morgan fingerprint density at radius 2 is 1.05 bits per heavy atom. The molecule has 3 fully saturated rings. The summed E-state index contributed by atoms with van der Waals surface area (Å²) >= 11 is 0. The highest BCUT2D eigenvalue weighted by Crippen LogP contribution is 2.45. The minimum absolute atomic E-state index is 0.0426. The predicted molar refractivity (Wildman–Crippen MR) is 170 cm³/mol. The molecule has 0 amide bonds. The van der Waals surface area contributed by atoms with Gasteiger partial charge in [0.05, 0.1) is 0 Å². The average Bonchev–Trinajstić information content (AvgIpc) is 3.01. The van der Waals surface area contributed by atoms with Crippen LogP contribution in [0.4, 0.5) is 4.39 Å². The molecule has 3 aliphatic carbocycles. The predicted octanol–water partition coefficient (Wildman–Crippen LogP) is 12.6. The molecule has 0 nitrogen and oxygen atoms in total. The van der Waals surface area contributed by atoms with Crippen LogP contribution in [0.1, 0.15) is 159 Å². The minimum atomic E-state index is -0.0426. The highest BCUT2D eigenvalue weighted by Gasteiger charge is 2.31. The summed E-state index contributed by atoms with van der Waals surface area (Å²) in [6, 6.07) is 15.1. The minimum Gasteiger partial charge on any atom is -0.206 e.